The average molecular weight is 273 g/mol. The van der Waals surface area contributed by atoms with Crippen LogP contribution in [-0.2, 0) is 15.0 Å². The lowest BCUT2D eigenvalue weighted by atomic mass is 9.94. The molecule has 2 fully saturated rings. The number of likely N-dealkylation sites (N-methyl/N-ethyl adjacent to an activating group) is 1. The summed E-state index contributed by atoms with van der Waals surface area (Å²) in [5, 5.41) is 2.91. The lowest BCUT2D eigenvalue weighted by Crippen LogP contribution is -2.45. The summed E-state index contributed by atoms with van der Waals surface area (Å²) in [7, 11) is 1.77. The fourth-order valence-electron chi connectivity index (χ4n) is 2.83. The second-order valence-electron chi connectivity index (χ2n) is 5.78. The maximum Gasteiger partial charge on any atom is 0.244 e. The number of rotatable bonds is 3. The van der Waals surface area contributed by atoms with Gasteiger partial charge in [-0.2, -0.15) is 0 Å². The van der Waals surface area contributed by atoms with E-state index in [1.165, 1.54) is 0 Å². The third-order valence-electron chi connectivity index (χ3n) is 4.38. The molecular weight excluding hydrogens is 254 g/mol. The van der Waals surface area contributed by atoms with Crippen LogP contribution in [0.1, 0.15) is 24.8 Å². The minimum atomic E-state index is -0.449. The first-order valence-corrected chi connectivity index (χ1v) is 6.95. The molecule has 0 radical (unpaired) electrons. The maximum atomic E-state index is 12.5. The van der Waals surface area contributed by atoms with E-state index in [4.69, 9.17) is 5.73 Å². The molecule has 0 aromatic heterocycles. The molecule has 2 aliphatic rings. The second kappa shape index (κ2) is 4.51. The van der Waals surface area contributed by atoms with Crippen LogP contribution in [0.25, 0.3) is 0 Å². The van der Waals surface area contributed by atoms with Crippen LogP contribution < -0.4 is 11.1 Å². The Kier molecular flexibility index (Phi) is 2.92. The summed E-state index contributed by atoms with van der Waals surface area (Å²) >= 11 is 0. The molecule has 5 heteroatoms. The van der Waals surface area contributed by atoms with Crippen molar-refractivity contribution < 1.29 is 9.59 Å². The molecule has 3 N–H and O–H groups in total. The van der Waals surface area contributed by atoms with Gasteiger partial charge < -0.3 is 16.0 Å². The molecule has 1 aromatic rings. The van der Waals surface area contributed by atoms with Gasteiger partial charge in [0.15, 0.2) is 0 Å². The SMILES string of the molecule is CN1CCC(NC(=O)C2(c3ccc(N)cc3)CC2)C1=O. The van der Waals surface area contributed by atoms with E-state index in [-0.39, 0.29) is 17.9 Å². The Bertz CT molecular complexity index is 549. The first-order valence-electron chi connectivity index (χ1n) is 6.95. The van der Waals surface area contributed by atoms with Crippen molar-refractivity contribution in [2.45, 2.75) is 30.7 Å². The van der Waals surface area contributed by atoms with Crippen molar-refractivity contribution >= 4 is 17.5 Å². The summed E-state index contributed by atoms with van der Waals surface area (Å²) in [4.78, 5) is 26.0. The van der Waals surface area contributed by atoms with Crippen LogP contribution in [0.3, 0.4) is 0 Å². The maximum absolute atomic E-state index is 12.5. The van der Waals surface area contributed by atoms with E-state index < -0.39 is 5.41 Å². The molecule has 1 saturated heterocycles. The van der Waals surface area contributed by atoms with E-state index in [9.17, 15) is 9.59 Å². The minimum Gasteiger partial charge on any atom is -0.399 e. The van der Waals surface area contributed by atoms with Crippen LogP contribution in [0.5, 0.6) is 0 Å². The summed E-state index contributed by atoms with van der Waals surface area (Å²) in [6, 6.07) is 7.09. The summed E-state index contributed by atoms with van der Waals surface area (Å²) in [5.74, 6) is -0.0256. The van der Waals surface area contributed by atoms with Gasteiger partial charge >= 0.3 is 0 Å². The first-order chi connectivity index (χ1) is 9.53. The predicted octanol–water partition coefficient (Wildman–Crippen LogP) is 0.647. The van der Waals surface area contributed by atoms with Gasteiger partial charge in [0.25, 0.3) is 0 Å². The lowest BCUT2D eigenvalue weighted by molar-refractivity contribution is -0.132. The number of amides is 2. The fourth-order valence-corrected chi connectivity index (χ4v) is 2.83. The van der Waals surface area contributed by atoms with Gasteiger partial charge in [0.05, 0.1) is 5.41 Å². The first kappa shape index (κ1) is 13.0. The zero-order valence-corrected chi connectivity index (χ0v) is 11.6. The van der Waals surface area contributed by atoms with Gasteiger partial charge in [0.1, 0.15) is 6.04 Å². The van der Waals surface area contributed by atoms with E-state index in [0.717, 1.165) is 18.4 Å². The molecular formula is C15H19N3O2. The third kappa shape index (κ3) is 2.03. The second-order valence-corrected chi connectivity index (χ2v) is 5.78. The Morgan fingerprint density at radius 2 is 2.00 bits per heavy atom. The number of hydrogen-bond donors (Lipinski definition) is 2. The Labute approximate surface area is 118 Å². The summed E-state index contributed by atoms with van der Waals surface area (Å²) in [5.41, 5.74) is 6.91. The van der Waals surface area contributed by atoms with Gasteiger partial charge in [-0.15, -0.1) is 0 Å². The molecule has 1 unspecified atom stereocenters. The third-order valence-corrected chi connectivity index (χ3v) is 4.38. The van der Waals surface area contributed by atoms with E-state index in [0.29, 0.717) is 18.7 Å². The topological polar surface area (TPSA) is 75.4 Å². The fraction of sp³-hybridized carbons (Fsp3) is 0.467. The molecule has 0 spiro atoms. The van der Waals surface area contributed by atoms with Crippen LogP contribution in [0, 0.1) is 0 Å². The molecule has 1 aliphatic heterocycles. The van der Waals surface area contributed by atoms with E-state index in [1.807, 2.05) is 24.3 Å². The molecule has 1 aliphatic carbocycles. The quantitative estimate of drug-likeness (QED) is 0.794. The Morgan fingerprint density at radius 1 is 1.35 bits per heavy atom. The number of anilines is 1. The van der Waals surface area contributed by atoms with Gasteiger partial charge in [-0.25, -0.2) is 0 Å². The highest BCUT2D eigenvalue weighted by Gasteiger charge is 2.52. The van der Waals surface area contributed by atoms with Gasteiger partial charge in [0, 0.05) is 19.3 Å². The van der Waals surface area contributed by atoms with Crippen LogP contribution in [0.4, 0.5) is 5.69 Å². The number of nitrogens with one attached hydrogen (secondary N) is 1. The molecule has 1 atom stereocenters. The molecule has 5 nitrogen and oxygen atoms in total. The molecule has 0 bridgehead atoms. The van der Waals surface area contributed by atoms with Gasteiger partial charge in [-0.1, -0.05) is 12.1 Å². The predicted molar refractivity (Wildman–Crippen MR) is 76.0 cm³/mol. The number of hydrogen-bond acceptors (Lipinski definition) is 3. The Balaban J connectivity index is 1.74. The Morgan fingerprint density at radius 3 is 2.50 bits per heavy atom. The number of benzene rings is 1. The van der Waals surface area contributed by atoms with Gasteiger partial charge in [-0.05, 0) is 37.0 Å². The average Bonchev–Trinajstić information content (AvgIpc) is 3.19. The van der Waals surface area contributed by atoms with Crippen molar-refractivity contribution in [2.24, 2.45) is 0 Å². The number of carbonyl (C=O) groups excluding carboxylic acids is 2. The van der Waals surface area contributed by atoms with Crippen molar-refractivity contribution in [3.8, 4) is 0 Å². The number of nitrogens with two attached hydrogens (primary N) is 1. The van der Waals surface area contributed by atoms with Crippen molar-refractivity contribution in [1.29, 1.82) is 0 Å². The van der Waals surface area contributed by atoms with E-state index >= 15 is 0 Å². The molecule has 20 heavy (non-hydrogen) atoms. The van der Waals surface area contributed by atoms with Gasteiger partial charge in [-0.3, -0.25) is 9.59 Å². The minimum absolute atomic E-state index is 0.00598. The summed E-state index contributed by atoms with van der Waals surface area (Å²) in [6.45, 7) is 0.707. The standard InChI is InChI=1S/C15H19N3O2/c1-18-9-6-12(13(18)19)17-14(20)15(7-8-15)10-2-4-11(16)5-3-10/h2-5,12H,6-9,16H2,1H3,(H,17,20). The van der Waals surface area contributed by atoms with Crippen LogP contribution >= 0.6 is 0 Å². The van der Waals surface area contributed by atoms with Crippen LogP contribution in [0.15, 0.2) is 24.3 Å². The number of nitrogens with zero attached hydrogens (tertiary/aromatic N) is 1. The van der Waals surface area contributed by atoms with E-state index in [2.05, 4.69) is 5.32 Å². The van der Waals surface area contributed by atoms with Crippen molar-refractivity contribution in [1.82, 2.24) is 10.2 Å². The zero-order chi connectivity index (χ0) is 14.3. The van der Waals surface area contributed by atoms with Crippen molar-refractivity contribution in [3.63, 3.8) is 0 Å². The highest BCUT2D eigenvalue weighted by molar-refractivity contribution is 5.95. The highest BCUT2D eigenvalue weighted by atomic mass is 16.2. The van der Waals surface area contributed by atoms with E-state index in [1.54, 1.807) is 11.9 Å². The zero-order valence-electron chi connectivity index (χ0n) is 11.6. The molecule has 1 aromatic carbocycles. The molecule has 3 rings (SSSR count). The van der Waals surface area contributed by atoms with Crippen molar-refractivity contribution in [3.05, 3.63) is 29.8 Å². The molecule has 106 valence electrons. The number of nitrogen functional groups attached to an aromatic ring is 1. The largest absolute Gasteiger partial charge is 0.399 e. The molecule has 2 amide bonds. The molecule has 1 saturated carbocycles. The Hall–Kier alpha value is -2.04. The summed E-state index contributed by atoms with van der Waals surface area (Å²) < 4.78 is 0. The highest BCUT2D eigenvalue weighted by Crippen LogP contribution is 2.48. The van der Waals surface area contributed by atoms with Crippen LogP contribution in [-0.4, -0.2) is 36.3 Å². The van der Waals surface area contributed by atoms with Gasteiger partial charge in [0.2, 0.25) is 11.8 Å². The summed E-state index contributed by atoms with van der Waals surface area (Å²) in [6.07, 6.45) is 2.36. The van der Waals surface area contributed by atoms with Crippen LogP contribution in [0.2, 0.25) is 0 Å². The lowest BCUT2D eigenvalue weighted by Gasteiger charge is -2.19. The van der Waals surface area contributed by atoms with Crippen molar-refractivity contribution in [2.75, 3.05) is 19.3 Å². The number of carbonyl (C=O) groups is 2. The normalized spacial score (nSPS) is 23.8. The molecule has 1 heterocycles. The number of likely N-dealkylation sites (tertiary alicyclic amines) is 1. The monoisotopic (exact) mass is 273 g/mol. The smallest absolute Gasteiger partial charge is 0.244 e.